The van der Waals surface area contributed by atoms with E-state index in [4.69, 9.17) is 18.6 Å². The van der Waals surface area contributed by atoms with Gasteiger partial charge in [-0.15, -0.1) is 0 Å². The van der Waals surface area contributed by atoms with Crippen molar-refractivity contribution in [3.05, 3.63) is 0 Å². The molecule has 2 saturated heterocycles. The number of hydrogen-bond donors (Lipinski definition) is 0. The Balaban J connectivity index is 2.15. The zero-order chi connectivity index (χ0) is 20.7. The lowest BCUT2D eigenvalue weighted by atomic mass is 9.85. The van der Waals surface area contributed by atoms with Crippen LogP contribution < -0.4 is 0 Å². The Morgan fingerprint density at radius 3 is 1.74 bits per heavy atom. The molecule has 6 atom stereocenters. The van der Waals surface area contributed by atoms with E-state index in [1.807, 2.05) is 13.8 Å². The fourth-order valence-electron chi connectivity index (χ4n) is 5.59. The molecule has 0 amide bonds. The van der Waals surface area contributed by atoms with Gasteiger partial charge in [0, 0.05) is 11.8 Å². The minimum Gasteiger partial charge on any atom is -0.413 e. The van der Waals surface area contributed by atoms with Gasteiger partial charge in [-0.25, -0.2) is 0 Å². The fourth-order valence-corrected chi connectivity index (χ4v) is 11.0. The molecule has 0 unspecified atom stereocenters. The maximum absolute atomic E-state index is 6.87. The Kier molecular flexibility index (Phi) is 7.28. The summed E-state index contributed by atoms with van der Waals surface area (Å²) in [5.41, 5.74) is 1.74. The van der Waals surface area contributed by atoms with Gasteiger partial charge in [0.15, 0.2) is 14.1 Å². The zero-order valence-corrected chi connectivity index (χ0v) is 20.5. The second-order valence-electron chi connectivity index (χ2n) is 10.3. The summed E-state index contributed by atoms with van der Waals surface area (Å²) >= 11 is 0. The molecular formula is C22H44O4Si. The van der Waals surface area contributed by atoms with Gasteiger partial charge in [-0.1, -0.05) is 55.4 Å². The minimum absolute atomic E-state index is 0.0541. The van der Waals surface area contributed by atoms with Crippen molar-refractivity contribution in [1.82, 2.24) is 0 Å². The lowest BCUT2D eigenvalue weighted by Gasteiger charge is -2.49. The Morgan fingerprint density at radius 2 is 1.33 bits per heavy atom. The molecule has 2 fully saturated rings. The first-order valence-corrected chi connectivity index (χ1v) is 13.1. The summed E-state index contributed by atoms with van der Waals surface area (Å²) in [5.74, 6) is 0.0561. The molecule has 4 nitrogen and oxygen atoms in total. The van der Waals surface area contributed by atoms with Crippen molar-refractivity contribution >= 4 is 8.32 Å². The monoisotopic (exact) mass is 400 g/mol. The predicted octanol–water partition coefficient (Wildman–Crippen LogP) is 5.76. The summed E-state index contributed by atoms with van der Waals surface area (Å²) in [7, 11) is -1.90. The second-order valence-corrected chi connectivity index (χ2v) is 15.8. The molecule has 0 spiro atoms. The van der Waals surface area contributed by atoms with Gasteiger partial charge in [0.25, 0.3) is 0 Å². The first kappa shape index (κ1) is 23.3. The quantitative estimate of drug-likeness (QED) is 0.384. The lowest BCUT2D eigenvalue weighted by Crippen LogP contribution is -2.56. The second kappa shape index (κ2) is 8.43. The molecule has 0 aromatic carbocycles. The standard InChI is InChI=1S/C22H44O4Si/c1-13(2)27(14(3)4,15(5)6)23-12-19-16(7)20(26-22(10,11)25-19)17(8)21-18(9)24-21/h13-21H,12H2,1-11H3/t16-,17+,18+,19-,20-,21-/m0/s1. The van der Waals surface area contributed by atoms with Gasteiger partial charge in [-0.05, 0) is 37.4 Å². The van der Waals surface area contributed by atoms with Gasteiger partial charge in [0.1, 0.15) is 0 Å². The normalized spacial score (nSPS) is 35.1. The Hall–Kier alpha value is 0.0569. The van der Waals surface area contributed by atoms with Gasteiger partial charge in [-0.3, -0.25) is 0 Å². The first-order chi connectivity index (χ1) is 12.3. The molecule has 0 aromatic rings. The molecule has 0 aromatic heterocycles. The van der Waals surface area contributed by atoms with Gasteiger partial charge < -0.3 is 18.6 Å². The van der Waals surface area contributed by atoms with Crippen LogP contribution in [0.15, 0.2) is 0 Å². The van der Waals surface area contributed by atoms with Gasteiger partial charge in [0.2, 0.25) is 0 Å². The van der Waals surface area contributed by atoms with Crippen LogP contribution in [0.5, 0.6) is 0 Å². The number of ether oxygens (including phenoxy) is 3. The maximum Gasteiger partial charge on any atom is 0.200 e. The highest BCUT2D eigenvalue weighted by Gasteiger charge is 2.51. The predicted molar refractivity (Wildman–Crippen MR) is 113 cm³/mol. The van der Waals surface area contributed by atoms with Gasteiger partial charge in [-0.2, -0.15) is 0 Å². The van der Waals surface area contributed by atoms with E-state index in [2.05, 4.69) is 62.3 Å². The molecule has 0 N–H and O–H groups in total. The highest BCUT2D eigenvalue weighted by Crippen LogP contribution is 2.44. The molecular weight excluding hydrogens is 356 g/mol. The van der Waals surface area contributed by atoms with E-state index < -0.39 is 14.1 Å². The summed E-state index contributed by atoms with van der Waals surface area (Å²) in [5, 5.41) is 0. The summed E-state index contributed by atoms with van der Waals surface area (Å²) in [4.78, 5) is 0. The van der Waals surface area contributed by atoms with E-state index in [1.54, 1.807) is 0 Å². The SMILES string of the molecule is CC(C)[Si](OC[C@@H]1OC(C)(C)O[C@H]([C@@H](C)[C@@H]2O[C@@H]2C)[C@H]1C)(C(C)C)C(C)C. The topological polar surface area (TPSA) is 40.2 Å². The van der Waals surface area contributed by atoms with Crippen molar-refractivity contribution in [2.24, 2.45) is 11.8 Å². The van der Waals surface area contributed by atoms with Crippen molar-refractivity contribution in [2.45, 2.75) is 123 Å². The molecule has 5 heteroatoms. The van der Waals surface area contributed by atoms with Crippen LogP contribution in [-0.4, -0.2) is 45.1 Å². The van der Waals surface area contributed by atoms with Crippen LogP contribution in [0, 0.1) is 11.8 Å². The number of rotatable bonds is 8. The van der Waals surface area contributed by atoms with E-state index in [-0.39, 0.29) is 18.1 Å². The largest absolute Gasteiger partial charge is 0.413 e. The third kappa shape index (κ3) is 4.80. The third-order valence-corrected chi connectivity index (χ3v) is 13.0. The summed E-state index contributed by atoms with van der Waals surface area (Å²) in [6.07, 6.45) is 0.839. The molecule has 0 radical (unpaired) electrons. The van der Waals surface area contributed by atoms with Crippen molar-refractivity contribution in [1.29, 1.82) is 0 Å². The average Bonchev–Trinajstić information content (AvgIpc) is 3.25. The van der Waals surface area contributed by atoms with E-state index in [1.165, 1.54) is 0 Å². The molecule has 2 heterocycles. The van der Waals surface area contributed by atoms with Crippen LogP contribution in [0.25, 0.3) is 0 Å². The van der Waals surface area contributed by atoms with Crippen molar-refractivity contribution in [3.8, 4) is 0 Å². The zero-order valence-electron chi connectivity index (χ0n) is 19.5. The van der Waals surface area contributed by atoms with Crippen molar-refractivity contribution < 1.29 is 18.6 Å². The van der Waals surface area contributed by atoms with Crippen molar-refractivity contribution in [2.75, 3.05) is 6.61 Å². The third-order valence-electron chi connectivity index (χ3n) is 6.96. The highest BCUT2D eigenvalue weighted by molar-refractivity contribution is 6.77. The lowest BCUT2D eigenvalue weighted by molar-refractivity contribution is -0.330. The summed E-state index contributed by atoms with van der Waals surface area (Å²) in [6, 6.07) is 0. The van der Waals surface area contributed by atoms with Gasteiger partial charge in [0.05, 0.1) is 31.0 Å². The maximum atomic E-state index is 6.87. The molecule has 27 heavy (non-hydrogen) atoms. The molecule has 160 valence electrons. The summed E-state index contributed by atoms with van der Waals surface area (Å²) < 4.78 is 25.3. The molecule has 0 bridgehead atoms. The average molecular weight is 401 g/mol. The Labute approximate surface area is 168 Å². The van der Waals surface area contributed by atoms with E-state index in [9.17, 15) is 0 Å². The molecule has 2 rings (SSSR count). The van der Waals surface area contributed by atoms with Crippen LogP contribution >= 0.6 is 0 Å². The van der Waals surface area contributed by atoms with Crippen LogP contribution in [0.1, 0.15) is 76.2 Å². The van der Waals surface area contributed by atoms with E-state index in [0.717, 1.165) is 0 Å². The number of hydrogen-bond acceptors (Lipinski definition) is 4. The van der Waals surface area contributed by atoms with Crippen molar-refractivity contribution in [3.63, 3.8) is 0 Å². The molecule has 0 saturated carbocycles. The first-order valence-electron chi connectivity index (χ1n) is 11.0. The molecule has 2 aliphatic rings. The van der Waals surface area contributed by atoms with Crippen LogP contribution in [0.3, 0.4) is 0 Å². The Bertz CT molecular complexity index is 469. The summed E-state index contributed by atoms with van der Waals surface area (Å²) in [6.45, 7) is 25.4. The van der Waals surface area contributed by atoms with Crippen LogP contribution in [0.2, 0.25) is 16.6 Å². The molecule has 2 aliphatic heterocycles. The highest BCUT2D eigenvalue weighted by atomic mass is 28.4. The van der Waals surface area contributed by atoms with E-state index >= 15 is 0 Å². The smallest absolute Gasteiger partial charge is 0.200 e. The fraction of sp³-hybridized carbons (Fsp3) is 1.00. The van der Waals surface area contributed by atoms with Crippen LogP contribution in [-0.2, 0) is 18.6 Å². The van der Waals surface area contributed by atoms with E-state index in [0.29, 0.717) is 41.4 Å². The minimum atomic E-state index is -1.90. The molecule has 0 aliphatic carbocycles. The number of epoxide rings is 1. The Morgan fingerprint density at radius 1 is 0.852 bits per heavy atom. The van der Waals surface area contributed by atoms with Gasteiger partial charge >= 0.3 is 0 Å². The van der Waals surface area contributed by atoms with Crippen LogP contribution in [0.4, 0.5) is 0 Å².